The van der Waals surface area contributed by atoms with Crippen molar-refractivity contribution in [2.45, 2.75) is 60.8 Å². The van der Waals surface area contributed by atoms with Crippen LogP contribution in [0.2, 0.25) is 0 Å². The van der Waals surface area contributed by atoms with Crippen LogP contribution in [-0.4, -0.2) is 46.7 Å². The first kappa shape index (κ1) is 24.5. The Kier molecular flexibility index (Phi) is 8.91. The minimum absolute atomic E-state index is 0.331. The Morgan fingerprint density at radius 2 is 1.03 bits per heavy atom. The van der Waals surface area contributed by atoms with Crippen LogP contribution in [0.25, 0.3) is 0 Å². The van der Waals surface area contributed by atoms with Crippen molar-refractivity contribution in [1.82, 2.24) is 9.15 Å². The molecule has 4 rings (SSSR count). The van der Waals surface area contributed by atoms with E-state index in [4.69, 9.17) is 0 Å². The molecule has 0 bridgehead atoms. The van der Waals surface area contributed by atoms with Gasteiger partial charge in [0.15, 0.2) is 10.1 Å². The van der Waals surface area contributed by atoms with Gasteiger partial charge >= 0.3 is 7.97 Å². The molecular formula is C20H28N4O2S6+2. The Hall–Kier alpha value is -0.660. The molecule has 2 aromatic heterocycles. The van der Waals surface area contributed by atoms with Gasteiger partial charge in [-0.3, -0.25) is 0 Å². The molecule has 2 aliphatic rings. The summed E-state index contributed by atoms with van der Waals surface area (Å²) >= 11 is 9.83. The van der Waals surface area contributed by atoms with Gasteiger partial charge in [-0.15, -0.1) is 0 Å². The van der Waals surface area contributed by atoms with Gasteiger partial charge in [-0.2, -0.15) is 0 Å². The highest BCUT2D eigenvalue weighted by molar-refractivity contribution is 8.26. The van der Waals surface area contributed by atoms with Gasteiger partial charge in [-0.1, -0.05) is 56.5 Å². The first-order chi connectivity index (χ1) is 15.6. The molecule has 2 aromatic rings. The lowest BCUT2D eigenvalue weighted by Gasteiger charge is -2.07. The topological polar surface area (TPSA) is 71.2 Å². The predicted octanol–water partition coefficient (Wildman–Crippen LogP) is 4.92. The van der Waals surface area contributed by atoms with Crippen LogP contribution in [0.5, 0.6) is 0 Å². The second-order valence-corrected chi connectivity index (χ2v) is 15.2. The molecule has 174 valence electrons. The van der Waals surface area contributed by atoms with Crippen LogP contribution in [0.1, 0.15) is 48.3 Å². The Morgan fingerprint density at radius 3 is 1.38 bits per heavy atom. The second-order valence-electron chi connectivity index (χ2n) is 7.74. The molecule has 0 aromatic carbocycles. The van der Waals surface area contributed by atoms with E-state index < -0.39 is 0 Å². The van der Waals surface area contributed by atoms with E-state index in [1.54, 1.807) is 45.3 Å². The highest BCUT2D eigenvalue weighted by Gasteiger charge is 2.23. The zero-order valence-corrected chi connectivity index (χ0v) is 23.1. The normalized spacial score (nSPS) is 18.4. The summed E-state index contributed by atoms with van der Waals surface area (Å²) in [6.45, 7) is 8.64. The van der Waals surface area contributed by atoms with Crippen LogP contribution < -0.4 is 17.1 Å². The van der Waals surface area contributed by atoms with Gasteiger partial charge in [0.25, 0.3) is 0 Å². The monoisotopic (exact) mass is 548 g/mol. The molecule has 6 nitrogen and oxygen atoms in total. The van der Waals surface area contributed by atoms with Crippen LogP contribution >= 0.6 is 68.9 Å². The Labute approximate surface area is 212 Å². The van der Waals surface area contributed by atoms with Crippen molar-refractivity contribution in [3.8, 4) is 0 Å². The molecule has 0 spiro atoms. The quantitative estimate of drug-likeness (QED) is 0.140. The molecule has 2 fully saturated rings. The number of piperidine rings is 2. The summed E-state index contributed by atoms with van der Waals surface area (Å²) < 4.78 is 9.70. The van der Waals surface area contributed by atoms with Crippen LogP contribution in [0.3, 0.4) is 0 Å². The molecule has 2 saturated heterocycles. The van der Waals surface area contributed by atoms with Gasteiger partial charge in [0, 0.05) is 35.4 Å². The van der Waals surface area contributed by atoms with Crippen molar-refractivity contribution < 1.29 is 10.4 Å². The van der Waals surface area contributed by atoms with Gasteiger partial charge in [0.2, 0.25) is 0 Å². The fraction of sp³-hybridized carbons (Fsp3) is 0.600. The van der Waals surface area contributed by atoms with Gasteiger partial charge in [0.1, 0.15) is 26.2 Å². The summed E-state index contributed by atoms with van der Waals surface area (Å²) in [5, 5.41) is 27.2. The Balaban J connectivity index is 1.54. The largest absolute Gasteiger partial charge is 0.410 e. The summed E-state index contributed by atoms with van der Waals surface area (Å²) in [5.41, 5.74) is 0. The summed E-state index contributed by atoms with van der Waals surface area (Å²) in [6, 6.07) is 0. The summed E-state index contributed by atoms with van der Waals surface area (Å²) in [6.07, 6.45) is 7.60. The summed E-state index contributed by atoms with van der Waals surface area (Å²) in [4.78, 5) is 2.40. The summed E-state index contributed by atoms with van der Waals surface area (Å²) in [5.74, 6) is 0. The van der Waals surface area contributed by atoms with Crippen LogP contribution in [0.15, 0.2) is 18.7 Å². The number of aryl methyl sites for hydroxylation is 2. The predicted molar refractivity (Wildman–Crippen MR) is 142 cm³/mol. The number of rotatable bonds is 2. The standard InChI is InChI=1S/C20H26N4O2S6/c1-13-17(31-19(27-13)23-9-5-3-6-10-23)29-15(21-25)16(22-26)30-18-14(2)28-20(32-18)24-11-7-4-8-12-24/h3-12H2,1-2H3/p+2. The average molecular weight is 549 g/mol. The summed E-state index contributed by atoms with van der Waals surface area (Å²) in [7, 11) is 0. The Bertz CT molecular complexity index is 1050. The molecule has 2 N–H and O–H groups in total. The minimum atomic E-state index is 0.331. The third-order valence-electron chi connectivity index (χ3n) is 5.39. The molecule has 4 heterocycles. The van der Waals surface area contributed by atoms with E-state index in [1.807, 2.05) is 0 Å². The zero-order valence-electron chi connectivity index (χ0n) is 18.2. The molecule has 0 aliphatic carbocycles. The minimum Gasteiger partial charge on any atom is -0.410 e. The first-order valence-corrected chi connectivity index (χ1v) is 15.7. The highest BCUT2D eigenvalue weighted by Crippen LogP contribution is 2.35. The maximum Gasteiger partial charge on any atom is 0.315 e. The lowest BCUT2D eigenvalue weighted by molar-refractivity contribution is 0.316. The fourth-order valence-electron chi connectivity index (χ4n) is 3.68. The van der Waals surface area contributed by atoms with Gasteiger partial charge < -0.3 is 10.4 Å². The molecular weight excluding hydrogens is 521 g/mol. The highest BCUT2D eigenvalue weighted by atomic mass is 32.2. The number of hydrogen-bond donors (Lipinski definition) is 2. The third-order valence-corrected chi connectivity index (χ3v) is 13.7. The number of thioether (sulfide) groups is 2. The van der Waals surface area contributed by atoms with Gasteiger partial charge in [0.05, 0.1) is 8.42 Å². The number of nitrogens with zero attached hydrogens (tertiary/aromatic N) is 4. The molecule has 0 amide bonds. The number of hydrogen-bond acceptors (Lipinski definition) is 10. The van der Waals surface area contributed by atoms with Crippen LogP contribution in [0.4, 0.5) is 0 Å². The van der Waals surface area contributed by atoms with Gasteiger partial charge in [-0.05, 0) is 49.4 Å². The fourth-order valence-corrected chi connectivity index (χ4v) is 11.6. The van der Waals surface area contributed by atoms with E-state index >= 15 is 0 Å². The van der Waals surface area contributed by atoms with E-state index in [2.05, 4.69) is 33.3 Å². The van der Waals surface area contributed by atoms with E-state index in [-0.39, 0.29) is 0 Å². The molecule has 12 heteroatoms. The smallest absolute Gasteiger partial charge is 0.315 e. The van der Waals surface area contributed by atoms with E-state index in [9.17, 15) is 10.4 Å². The molecule has 2 aliphatic heterocycles. The lowest BCUT2D eigenvalue weighted by Crippen LogP contribution is -2.31. The molecule has 0 saturated carbocycles. The SMILES string of the molecule is Cc1sc(=[N+]2CCCCC2)sc1SC(=NO)C(=NO)Sc1sc(=[N+]2CCCCC2)sc1C. The van der Waals surface area contributed by atoms with Gasteiger partial charge in [-0.25, -0.2) is 9.15 Å². The maximum atomic E-state index is 9.75. The van der Waals surface area contributed by atoms with Crippen LogP contribution in [0, 0.1) is 13.8 Å². The molecule has 0 unspecified atom stereocenters. The molecule has 32 heavy (non-hydrogen) atoms. The van der Waals surface area contributed by atoms with Crippen molar-refractivity contribution in [2.24, 2.45) is 10.3 Å². The third kappa shape index (κ3) is 5.87. The lowest BCUT2D eigenvalue weighted by atomic mass is 10.2. The Morgan fingerprint density at radius 1 is 0.656 bits per heavy atom. The maximum absolute atomic E-state index is 9.75. The average Bonchev–Trinajstić information content (AvgIpc) is 3.39. The van der Waals surface area contributed by atoms with E-state index in [0.717, 1.165) is 34.6 Å². The van der Waals surface area contributed by atoms with Crippen LogP contribution in [-0.2, 0) is 0 Å². The number of oxime groups is 2. The molecule has 0 atom stereocenters. The van der Waals surface area contributed by atoms with Crippen molar-refractivity contribution in [1.29, 1.82) is 0 Å². The van der Waals surface area contributed by atoms with Crippen molar-refractivity contribution in [2.75, 3.05) is 26.2 Å². The second kappa shape index (κ2) is 11.7. The van der Waals surface area contributed by atoms with Crippen molar-refractivity contribution in [3.05, 3.63) is 17.7 Å². The van der Waals surface area contributed by atoms with Crippen molar-refractivity contribution >= 4 is 79.0 Å². The van der Waals surface area contributed by atoms with E-state index in [1.165, 1.54) is 79.8 Å². The zero-order chi connectivity index (χ0) is 22.5. The van der Waals surface area contributed by atoms with Crippen molar-refractivity contribution in [3.63, 3.8) is 0 Å². The van der Waals surface area contributed by atoms with E-state index in [0.29, 0.717) is 10.1 Å². The first-order valence-electron chi connectivity index (χ1n) is 10.8. The molecule has 0 radical (unpaired) electrons.